The van der Waals surface area contributed by atoms with Crippen molar-refractivity contribution in [3.05, 3.63) is 69.7 Å². The normalized spacial score (nSPS) is 17.2. The Balaban J connectivity index is 1.69. The molecule has 1 saturated heterocycles. The average molecular weight is 517 g/mol. The van der Waals surface area contributed by atoms with Gasteiger partial charge in [-0.2, -0.15) is 0 Å². The Hall–Kier alpha value is -2.61. The molecule has 0 bridgehead atoms. The van der Waals surface area contributed by atoms with Crippen LogP contribution in [0.4, 0.5) is 4.79 Å². The highest BCUT2D eigenvalue weighted by Crippen LogP contribution is 2.31. The van der Waals surface area contributed by atoms with Crippen LogP contribution in [0.25, 0.3) is 0 Å². The topological polar surface area (TPSA) is 85.9 Å². The summed E-state index contributed by atoms with van der Waals surface area (Å²) in [5.41, 5.74) is 3.32. The van der Waals surface area contributed by atoms with Gasteiger partial charge in [0, 0.05) is 36.9 Å². The second-order valence-electron chi connectivity index (χ2n) is 9.43. The summed E-state index contributed by atoms with van der Waals surface area (Å²) in [6, 6.07) is 13.1. The molecule has 3 atom stereocenters. The van der Waals surface area contributed by atoms with Crippen LogP contribution in [-0.2, 0) is 14.2 Å². The molecule has 36 heavy (non-hydrogen) atoms. The van der Waals surface area contributed by atoms with Crippen molar-refractivity contribution in [2.24, 2.45) is 11.8 Å². The first-order valence-electron chi connectivity index (χ1n) is 12.5. The summed E-state index contributed by atoms with van der Waals surface area (Å²) in [4.78, 5) is 24.4. The molecule has 2 amide bonds. The lowest BCUT2D eigenvalue weighted by Gasteiger charge is -2.25. The molecule has 2 aromatic rings. The maximum atomic E-state index is 13.0. The molecule has 1 aliphatic heterocycles. The second-order valence-corrected chi connectivity index (χ2v) is 9.87. The highest BCUT2D eigenvalue weighted by atomic mass is 35.5. The molecular weight excluding hydrogens is 480 g/mol. The van der Waals surface area contributed by atoms with Gasteiger partial charge in [0.15, 0.2) is 0 Å². The van der Waals surface area contributed by atoms with E-state index in [4.69, 9.17) is 21.1 Å². The molecule has 1 heterocycles. The van der Waals surface area contributed by atoms with Gasteiger partial charge in [0.05, 0.1) is 13.7 Å². The van der Waals surface area contributed by atoms with Gasteiger partial charge in [-0.1, -0.05) is 36.7 Å². The third-order valence-corrected chi connectivity index (χ3v) is 6.65. The Labute approximate surface area is 218 Å². The number of carbonyl (C=O) groups excluding carboxylic acids is 2. The van der Waals surface area contributed by atoms with Gasteiger partial charge < -0.3 is 24.8 Å². The van der Waals surface area contributed by atoms with Crippen molar-refractivity contribution in [1.82, 2.24) is 10.6 Å². The van der Waals surface area contributed by atoms with Crippen LogP contribution < -0.4 is 10.6 Å². The van der Waals surface area contributed by atoms with Crippen molar-refractivity contribution in [3.8, 4) is 0 Å². The molecule has 3 rings (SSSR count). The number of amides is 2. The molecule has 0 aromatic heterocycles. The Kier molecular flexibility index (Phi) is 11.0. The van der Waals surface area contributed by atoms with Crippen LogP contribution in [0.1, 0.15) is 59.3 Å². The standard InChI is InChI=1S/C28H37ClN2O5/c1-19(14-21-6-5-12-35-18-21)17-31-27(32)23-8-4-7-22(15-23)26(36-13-11-30-28(33)34-3)25-16-24(29)10-9-20(25)2/h4,7-10,15-16,19,21,26H,5-6,11-14,17-18H2,1-3H3,(H,30,33)(H,31,32)/t19?,21-,26?/m1/s1. The van der Waals surface area contributed by atoms with Gasteiger partial charge in [-0.3, -0.25) is 4.79 Å². The van der Waals surface area contributed by atoms with Crippen LogP contribution >= 0.6 is 11.6 Å². The number of nitrogens with one attached hydrogen (secondary N) is 2. The Bertz CT molecular complexity index is 1010. The van der Waals surface area contributed by atoms with E-state index in [2.05, 4.69) is 22.3 Å². The summed E-state index contributed by atoms with van der Waals surface area (Å²) in [5, 5.41) is 6.30. The molecule has 0 radical (unpaired) electrons. The summed E-state index contributed by atoms with van der Waals surface area (Å²) in [6.07, 6.45) is 2.38. The van der Waals surface area contributed by atoms with E-state index in [9.17, 15) is 9.59 Å². The van der Waals surface area contributed by atoms with Crippen molar-refractivity contribution < 1.29 is 23.8 Å². The van der Waals surface area contributed by atoms with E-state index in [1.165, 1.54) is 13.5 Å². The molecule has 1 fully saturated rings. The van der Waals surface area contributed by atoms with Crippen LogP contribution in [0.3, 0.4) is 0 Å². The van der Waals surface area contributed by atoms with E-state index in [-0.39, 0.29) is 19.1 Å². The van der Waals surface area contributed by atoms with Gasteiger partial charge in [-0.15, -0.1) is 0 Å². The molecule has 2 aromatic carbocycles. The van der Waals surface area contributed by atoms with Crippen molar-refractivity contribution in [1.29, 1.82) is 0 Å². The zero-order valence-corrected chi connectivity index (χ0v) is 22.1. The lowest BCUT2D eigenvalue weighted by molar-refractivity contribution is 0.0460. The number of rotatable bonds is 11. The van der Waals surface area contributed by atoms with E-state index in [1.54, 1.807) is 6.07 Å². The third kappa shape index (κ3) is 8.50. The number of hydrogen-bond donors (Lipinski definition) is 2. The lowest BCUT2D eigenvalue weighted by Crippen LogP contribution is -2.30. The smallest absolute Gasteiger partial charge is 0.406 e. The number of alkyl carbamates (subject to hydrolysis) is 1. The largest absolute Gasteiger partial charge is 0.453 e. The second kappa shape index (κ2) is 14.2. The zero-order chi connectivity index (χ0) is 25.9. The number of carbonyl (C=O) groups is 2. The molecule has 0 aliphatic carbocycles. The molecule has 196 valence electrons. The highest BCUT2D eigenvalue weighted by Gasteiger charge is 2.21. The van der Waals surface area contributed by atoms with E-state index in [0.717, 1.165) is 42.7 Å². The molecule has 2 unspecified atom stereocenters. The molecular formula is C28H37ClN2O5. The SMILES string of the molecule is COC(=O)NCCOC(c1cccc(C(=O)NCC(C)C[C@H]2CCCOC2)c1)c1cc(Cl)ccc1C. The number of methoxy groups -OCH3 is 1. The van der Waals surface area contributed by atoms with Gasteiger partial charge in [-0.25, -0.2) is 4.79 Å². The van der Waals surface area contributed by atoms with Crippen molar-refractivity contribution in [2.45, 2.75) is 39.2 Å². The molecule has 2 N–H and O–H groups in total. The molecule has 8 heteroatoms. The predicted molar refractivity (Wildman–Crippen MR) is 140 cm³/mol. The van der Waals surface area contributed by atoms with Crippen molar-refractivity contribution >= 4 is 23.6 Å². The van der Waals surface area contributed by atoms with Gasteiger partial charge >= 0.3 is 6.09 Å². The number of hydrogen-bond acceptors (Lipinski definition) is 5. The fourth-order valence-corrected chi connectivity index (χ4v) is 4.70. The highest BCUT2D eigenvalue weighted by molar-refractivity contribution is 6.30. The third-order valence-electron chi connectivity index (χ3n) is 6.42. The molecule has 7 nitrogen and oxygen atoms in total. The number of ether oxygens (including phenoxy) is 3. The van der Waals surface area contributed by atoms with Crippen LogP contribution in [0, 0.1) is 18.8 Å². The Morgan fingerprint density at radius 2 is 2.03 bits per heavy atom. The fraction of sp³-hybridized carbons (Fsp3) is 0.500. The summed E-state index contributed by atoms with van der Waals surface area (Å²) < 4.78 is 16.4. The van der Waals surface area contributed by atoms with E-state index in [0.29, 0.717) is 29.0 Å². The minimum atomic E-state index is -0.516. The van der Waals surface area contributed by atoms with Crippen LogP contribution in [-0.4, -0.2) is 52.0 Å². The summed E-state index contributed by atoms with van der Waals surface area (Å²) >= 11 is 6.29. The molecule has 1 aliphatic rings. The molecule has 0 saturated carbocycles. The lowest BCUT2D eigenvalue weighted by atomic mass is 9.91. The Morgan fingerprint density at radius 1 is 1.19 bits per heavy atom. The maximum Gasteiger partial charge on any atom is 0.406 e. The summed E-state index contributed by atoms with van der Waals surface area (Å²) in [7, 11) is 1.32. The predicted octanol–water partition coefficient (Wildman–Crippen LogP) is 5.29. The average Bonchev–Trinajstić information content (AvgIpc) is 2.89. The summed E-state index contributed by atoms with van der Waals surface area (Å²) in [5.74, 6) is 0.829. The van der Waals surface area contributed by atoms with E-state index >= 15 is 0 Å². The van der Waals surface area contributed by atoms with E-state index < -0.39 is 12.2 Å². The first-order chi connectivity index (χ1) is 17.4. The number of aryl methyl sites for hydroxylation is 1. The van der Waals surface area contributed by atoms with Gasteiger partial charge in [0.2, 0.25) is 0 Å². The van der Waals surface area contributed by atoms with Gasteiger partial charge in [0.25, 0.3) is 5.91 Å². The fourth-order valence-electron chi connectivity index (χ4n) is 4.52. The quantitative estimate of drug-likeness (QED) is 0.396. The number of halogens is 1. The van der Waals surface area contributed by atoms with Crippen molar-refractivity contribution in [3.63, 3.8) is 0 Å². The monoisotopic (exact) mass is 516 g/mol. The van der Waals surface area contributed by atoms with Gasteiger partial charge in [-0.05, 0) is 79.0 Å². The maximum absolute atomic E-state index is 13.0. The minimum Gasteiger partial charge on any atom is -0.453 e. The van der Waals surface area contributed by atoms with Crippen LogP contribution in [0.15, 0.2) is 42.5 Å². The van der Waals surface area contributed by atoms with Crippen LogP contribution in [0.2, 0.25) is 5.02 Å². The van der Waals surface area contributed by atoms with E-state index in [1.807, 2.05) is 43.3 Å². The Morgan fingerprint density at radius 3 is 2.78 bits per heavy atom. The zero-order valence-electron chi connectivity index (χ0n) is 21.3. The van der Waals surface area contributed by atoms with Crippen molar-refractivity contribution in [2.75, 3.05) is 40.0 Å². The van der Waals surface area contributed by atoms with Crippen LogP contribution in [0.5, 0.6) is 0 Å². The summed E-state index contributed by atoms with van der Waals surface area (Å²) in [6.45, 7) is 6.99. The molecule has 0 spiro atoms. The first-order valence-corrected chi connectivity index (χ1v) is 12.9. The van der Waals surface area contributed by atoms with Gasteiger partial charge in [0.1, 0.15) is 6.10 Å². The number of benzene rings is 2. The minimum absolute atomic E-state index is 0.113. The first kappa shape index (κ1) is 28.0.